The largest absolute Gasteiger partial charge is 0.366 e. The molecule has 0 aliphatic rings. The summed E-state index contributed by atoms with van der Waals surface area (Å²) in [6, 6.07) is 18.6. The number of aryl methyl sites for hydroxylation is 1. The Labute approximate surface area is 146 Å². The number of rotatable bonds is 5. The second kappa shape index (κ2) is 6.51. The third kappa shape index (κ3) is 2.82. The molecule has 0 aliphatic carbocycles. The van der Waals surface area contributed by atoms with Crippen molar-refractivity contribution in [1.82, 2.24) is 19.6 Å². The topological polar surface area (TPSA) is 55.1 Å². The summed E-state index contributed by atoms with van der Waals surface area (Å²) >= 11 is 0. The van der Waals surface area contributed by atoms with Gasteiger partial charge < -0.3 is 5.32 Å². The predicted molar refractivity (Wildman–Crippen MR) is 101 cm³/mol. The first kappa shape index (κ1) is 15.6. The number of nitrogens with zero attached hydrogens (tertiary/aromatic N) is 4. The van der Waals surface area contributed by atoms with E-state index in [1.54, 1.807) is 0 Å². The molecule has 5 heteroatoms. The van der Waals surface area contributed by atoms with E-state index >= 15 is 0 Å². The fourth-order valence-electron chi connectivity index (χ4n) is 3.14. The van der Waals surface area contributed by atoms with Gasteiger partial charge in [0.1, 0.15) is 5.82 Å². The van der Waals surface area contributed by atoms with E-state index in [4.69, 9.17) is 4.98 Å². The zero-order chi connectivity index (χ0) is 17.2. The molecule has 2 aromatic heterocycles. The normalized spacial score (nSPS) is 12.6. The monoisotopic (exact) mass is 331 g/mol. The van der Waals surface area contributed by atoms with Gasteiger partial charge in [-0.15, -0.1) is 10.2 Å². The highest BCUT2D eigenvalue weighted by Gasteiger charge is 2.14. The molecular weight excluding hydrogens is 310 g/mol. The van der Waals surface area contributed by atoms with E-state index in [1.807, 2.05) is 24.3 Å². The van der Waals surface area contributed by atoms with E-state index in [2.05, 4.69) is 64.1 Å². The van der Waals surface area contributed by atoms with E-state index in [0.29, 0.717) is 5.92 Å². The summed E-state index contributed by atoms with van der Waals surface area (Å²) < 4.78 is 2.11. The average molecular weight is 331 g/mol. The number of fused-ring (bicyclic) bond motifs is 3. The fourth-order valence-corrected chi connectivity index (χ4v) is 3.14. The maximum atomic E-state index is 4.78. The van der Waals surface area contributed by atoms with Crippen LogP contribution in [0.25, 0.3) is 16.7 Å². The first-order valence-electron chi connectivity index (χ1n) is 8.69. The minimum Gasteiger partial charge on any atom is -0.366 e. The van der Waals surface area contributed by atoms with Crippen molar-refractivity contribution in [3.05, 3.63) is 66.0 Å². The summed E-state index contributed by atoms with van der Waals surface area (Å²) in [6.07, 6.45) is 0.828. The molecule has 0 radical (unpaired) electrons. The lowest BCUT2D eigenvalue weighted by molar-refractivity contribution is 0.802. The Bertz CT molecular complexity index is 1010. The Hall–Kier alpha value is -2.95. The van der Waals surface area contributed by atoms with Crippen molar-refractivity contribution in [2.24, 2.45) is 0 Å². The number of nitrogens with one attached hydrogen (secondary N) is 1. The first-order chi connectivity index (χ1) is 12.3. The standard InChI is InChI=1S/C20H21N5/c1-3-18-23-24-20-19(21-13-14(2)15-9-5-4-6-10-15)22-16-11-7-8-12-17(16)25(18)20/h4-12,14H,3,13H2,1-2H3,(H,21,22)/t14-/m0/s1. The Kier molecular flexibility index (Phi) is 4.06. The van der Waals surface area contributed by atoms with Crippen molar-refractivity contribution in [3.63, 3.8) is 0 Å². The van der Waals surface area contributed by atoms with Crippen molar-refractivity contribution < 1.29 is 0 Å². The van der Waals surface area contributed by atoms with Crippen LogP contribution in [0.3, 0.4) is 0 Å². The minimum atomic E-state index is 0.378. The van der Waals surface area contributed by atoms with E-state index in [9.17, 15) is 0 Å². The lowest BCUT2D eigenvalue weighted by Crippen LogP contribution is -2.12. The van der Waals surface area contributed by atoms with Crippen LogP contribution in [0.15, 0.2) is 54.6 Å². The van der Waals surface area contributed by atoms with Gasteiger partial charge in [0.05, 0.1) is 11.0 Å². The Morgan fingerprint density at radius 1 is 1.00 bits per heavy atom. The van der Waals surface area contributed by atoms with Gasteiger partial charge in [0, 0.05) is 13.0 Å². The highest BCUT2D eigenvalue weighted by atomic mass is 15.3. The lowest BCUT2D eigenvalue weighted by Gasteiger charge is -2.14. The molecule has 0 amide bonds. The molecule has 1 atom stereocenters. The van der Waals surface area contributed by atoms with Gasteiger partial charge in [-0.05, 0) is 23.6 Å². The molecule has 0 aliphatic heterocycles. The Morgan fingerprint density at radius 3 is 2.56 bits per heavy atom. The third-order valence-electron chi connectivity index (χ3n) is 4.56. The van der Waals surface area contributed by atoms with Crippen molar-refractivity contribution in [2.45, 2.75) is 26.2 Å². The zero-order valence-electron chi connectivity index (χ0n) is 14.5. The van der Waals surface area contributed by atoms with E-state index in [1.165, 1.54) is 5.56 Å². The summed E-state index contributed by atoms with van der Waals surface area (Å²) in [5.74, 6) is 2.12. The molecule has 0 fully saturated rings. The maximum Gasteiger partial charge on any atom is 0.204 e. The van der Waals surface area contributed by atoms with Crippen LogP contribution in [0.1, 0.15) is 31.2 Å². The van der Waals surface area contributed by atoms with Crippen molar-refractivity contribution in [2.75, 3.05) is 11.9 Å². The van der Waals surface area contributed by atoms with E-state index < -0.39 is 0 Å². The van der Waals surface area contributed by atoms with Crippen molar-refractivity contribution in [1.29, 1.82) is 0 Å². The van der Waals surface area contributed by atoms with Crippen LogP contribution in [-0.2, 0) is 6.42 Å². The van der Waals surface area contributed by atoms with E-state index in [-0.39, 0.29) is 0 Å². The molecule has 4 aromatic rings. The van der Waals surface area contributed by atoms with Gasteiger partial charge in [-0.2, -0.15) is 0 Å². The molecule has 0 saturated carbocycles. The molecule has 0 spiro atoms. The third-order valence-corrected chi connectivity index (χ3v) is 4.56. The summed E-state index contributed by atoms with van der Waals surface area (Å²) in [5.41, 5.74) is 4.08. The van der Waals surface area contributed by atoms with Crippen LogP contribution in [0.5, 0.6) is 0 Å². The second-order valence-corrected chi connectivity index (χ2v) is 6.27. The Morgan fingerprint density at radius 2 is 1.76 bits per heavy atom. The van der Waals surface area contributed by atoms with Crippen LogP contribution in [0.4, 0.5) is 5.82 Å². The smallest absolute Gasteiger partial charge is 0.204 e. The SMILES string of the molecule is CCc1nnc2c(NC[C@H](C)c3ccccc3)nc3ccccc3n12. The number of hydrogen-bond donors (Lipinski definition) is 1. The summed E-state index contributed by atoms with van der Waals surface area (Å²) in [6.45, 7) is 5.09. The van der Waals surface area contributed by atoms with Crippen molar-refractivity contribution in [3.8, 4) is 0 Å². The molecule has 0 bridgehead atoms. The predicted octanol–water partition coefficient (Wildman–Crippen LogP) is 4.06. The number of anilines is 1. The first-order valence-corrected chi connectivity index (χ1v) is 8.69. The average Bonchev–Trinajstić information content (AvgIpc) is 3.11. The maximum absolute atomic E-state index is 4.78. The number of aromatic nitrogens is 4. The van der Waals surface area contributed by atoms with Gasteiger partial charge in [-0.1, -0.05) is 56.3 Å². The van der Waals surface area contributed by atoms with Gasteiger partial charge in [-0.3, -0.25) is 4.40 Å². The second-order valence-electron chi connectivity index (χ2n) is 6.27. The highest BCUT2D eigenvalue weighted by molar-refractivity contribution is 5.82. The number of para-hydroxylation sites is 2. The molecule has 5 nitrogen and oxygen atoms in total. The molecule has 1 N–H and O–H groups in total. The van der Waals surface area contributed by atoms with Gasteiger partial charge in [-0.25, -0.2) is 4.98 Å². The molecule has 126 valence electrons. The van der Waals surface area contributed by atoms with Crippen LogP contribution in [-0.4, -0.2) is 26.1 Å². The molecule has 0 unspecified atom stereocenters. The van der Waals surface area contributed by atoms with Gasteiger partial charge in [0.15, 0.2) is 5.82 Å². The molecule has 0 saturated heterocycles. The molecule has 2 heterocycles. The minimum absolute atomic E-state index is 0.378. The van der Waals surface area contributed by atoms with Gasteiger partial charge in [0.25, 0.3) is 0 Å². The van der Waals surface area contributed by atoms with Crippen LogP contribution in [0, 0.1) is 0 Å². The number of hydrogen-bond acceptors (Lipinski definition) is 4. The molecule has 4 rings (SSSR count). The summed E-state index contributed by atoms with van der Waals surface area (Å²) in [5, 5.41) is 12.2. The zero-order valence-corrected chi connectivity index (χ0v) is 14.5. The Balaban J connectivity index is 1.72. The fraction of sp³-hybridized carbons (Fsp3) is 0.250. The van der Waals surface area contributed by atoms with Crippen molar-refractivity contribution >= 4 is 22.5 Å². The molecular formula is C20H21N5. The highest BCUT2D eigenvalue weighted by Crippen LogP contribution is 2.23. The van der Waals surface area contributed by atoms with Crippen LogP contribution in [0.2, 0.25) is 0 Å². The lowest BCUT2D eigenvalue weighted by atomic mass is 10.0. The molecule has 25 heavy (non-hydrogen) atoms. The van der Waals surface area contributed by atoms with E-state index in [0.717, 1.165) is 41.3 Å². The quantitative estimate of drug-likeness (QED) is 0.599. The van der Waals surface area contributed by atoms with Crippen LogP contribution >= 0.6 is 0 Å². The van der Waals surface area contributed by atoms with Gasteiger partial charge >= 0.3 is 0 Å². The summed E-state index contributed by atoms with van der Waals surface area (Å²) in [4.78, 5) is 4.78. The summed E-state index contributed by atoms with van der Waals surface area (Å²) in [7, 11) is 0. The van der Waals surface area contributed by atoms with Gasteiger partial charge in [0.2, 0.25) is 5.65 Å². The van der Waals surface area contributed by atoms with Crippen LogP contribution < -0.4 is 5.32 Å². The number of benzene rings is 2. The molecule has 2 aromatic carbocycles.